The molecule has 0 unspecified atom stereocenters. The van der Waals surface area contributed by atoms with Gasteiger partial charge in [0.05, 0.1) is 21.0 Å². The van der Waals surface area contributed by atoms with Crippen LogP contribution in [0.25, 0.3) is 21.7 Å². The number of aromatic nitrogens is 2. The molecule has 0 aliphatic rings. The lowest BCUT2D eigenvalue weighted by molar-refractivity contribution is 0.554. The number of nitrogens with zero attached hydrogens (tertiary/aromatic N) is 1. The molecule has 2 N–H and O–H groups in total. The Balaban J connectivity index is 1.65. The van der Waals surface area contributed by atoms with E-state index in [4.69, 9.17) is 4.42 Å². The number of anilines is 1. The number of hydrogen-bond donors (Lipinski definition) is 2. The lowest BCUT2D eigenvalue weighted by atomic mass is 10.3. The summed E-state index contributed by atoms with van der Waals surface area (Å²) < 4.78 is 32.3. The largest absolute Gasteiger partial charge is 0.417 e. The van der Waals surface area contributed by atoms with E-state index in [0.29, 0.717) is 5.52 Å². The predicted octanol–water partition coefficient (Wildman–Crippen LogP) is 3.11. The van der Waals surface area contributed by atoms with E-state index in [9.17, 15) is 13.2 Å². The minimum Gasteiger partial charge on any atom is -0.408 e. The summed E-state index contributed by atoms with van der Waals surface area (Å²) in [6.07, 6.45) is 0. The number of oxazole rings is 1. The van der Waals surface area contributed by atoms with Crippen molar-refractivity contribution >= 4 is 48.9 Å². The maximum absolute atomic E-state index is 12.5. The van der Waals surface area contributed by atoms with Gasteiger partial charge in [-0.3, -0.25) is 9.71 Å². The normalized spacial score (nSPS) is 11.8. The van der Waals surface area contributed by atoms with E-state index < -0.39 is 15.8 Å². The highest BCUT2D eigenvalue weighted by atomic mass is 32.2. The maximum atomic E-state index is 12.5. The number of aromatic amines is 1. The van der Waals surface area contributed by atoms with Gasteiger partial charge in [0.1, 0.15) is 0 Å². The molecule has 0 aliphatic heterocycles. The van der Waals surface area contributed by atoms with Crippen molar-refractivity contribution in [2.24, 2.45) is 0 Å². The number of hydrogen-bond acceptors (Lipinski definition) is 7. The molecule has 0 amide bonds. The van der Waals surface area contributed by atoms with Gasteiger partial charge in [-0.25, -0.2) is 18.2 Å². The van der Waals surface area contributed by atoms with Crippen LogP contribution in [-0.2, 0) is 10.0 Å². The minimum atomic E-state index is -3.83. The van der Waals surface area contributed by atoms with Crippen LogP contribution in [0.4, 0.5) is 5.13 Å². The van der Waals surface area contributed by atoms with E-state index in [1.807, 2.05) is 17.5 Å². The predicted molar refractivity (Wildman–Crippen MR) is 93.1 cm³/mol. The van der Waals surface area contributed by atoms with E-state index in [1.165, 1.54) is 40.9 Å². The van der Waals surface area contributed by atoms with Crippen molar-refractivity contribution in [3.63, 3.8) is 0 Å². The number of rotatable bonds is 4. The molecule has 0 spiro atoms. The van der Waals surface area contributed by atoms with Crippen LogP contribution in [0, 0.1) is 0 Å². The first kappa shape index (κ1) is 15.1. The number of benzene rings is 1. The minimum absolute atomic E-state index is 0.00868. The summed E-state index contributed by atoms with van der Waals surface area (Å²) in [7, 11) is -3.83. The highest BCUT2D eigenvalue weighted by molar-refractivity contribution is 7.93. The van der Waals surface area contributed by atoms with Gasteiger partial charge >= 0.3 is 5.76 Å². The smallest absolute Gasteiger partial charge is 0.408 e. The Bertz CT molecular complexity index is 1170. The molecule has 122 valence electrons. The van der Waals surface area contributed by atoms with Gasteiger partial charge in [-0.1, -0.05) is 6.07 Å². The molecule has 4 aromatic rings. The van der Waals surface area contributed by atoms with Crippen LogP contribution in [0.2, 0.25) is 0 Å². The van der Waals surface area contributed by atoms with Crippen molar-refractivity contribution in [2.45, 2.75) is 4.90 Å². The number of H-pyrrole nitrogens is 1. The lowest BCUT2D eigenvalue weighted by Gasteiger charge is -2.04. The van der Waals surface area contributed by atoms with E-state index >= 15 is 0 Å². The number of sulfonamides is 1. The van der Waals surface area contributed by atoms with Crippen LogP contribution in [0.5, 0.6) is 0 Å². The first-order valence-electron chi connectivity index (χ1n) is 6.66. The summed E-state index contributed by atoms with van der Waals surface area (Å²) in [6, 6.07) is 7.99. The quantitative estimate of drug-likeness (QED) is 0.567. The van der Waals surface area contributed by atoms with Crippen molar-refractivity contribution in [2.75, 3.05) is 4.72 Å². The molecule has 0 fully saturated rings. The molecule has 3 aromatic heterocycles. The van der Waals surface area contributed by atoms with Crippen LogP contribution < -0.4 is 10.5 Å². The fourth-order valence-corrected chi connectivity index (χ4v) is 4.86. The summed E-state index contributed by atoms with van der Waals surface area (Å²) in [5.74, 6) is -0.631. The molecule has 0 atom stereocenters. The van der Waals surface area contributed by atoms with Crippen LogP contribution in [0.1, 0.15) is 0 Å². The van der Waals surface area contributed by atoms with Gasteiger partial charge in [0.25, 0.3) is 10.0 Å². The molecular weight excluding hydrogens is 370 g/mol. The fourth-order valence-electron chi connectivity index (χ4n) is 2.12. The second-order valence-electron chi connectivity index (χ2n) is 4.79. The molecule has 4 rings (SSSR count). The summed E-state index contributed by atoms with van der Waals surface area (Å²) in [5, 5.41) is 3.99. The molecule has 0 saturated heterocycles. The van der Waals surface area contributed by atoms with Crippen molar-refractivity contribution < 1.29 is 12.8 Å². The zero-order chi connectivity index (χ0) is 16.7. The summed E-state index contributed by atoms with van der Waals surface area (Å²) >= 11 is 2.73. The summed E-state index contributed by atoms with van der Waals surface area (Å²) in [6.45, 7) is 0. The lowest BCUT2D eigenvalue weighted by Crippen LogP contribution is -2.12. The van der Waals surface area contributed by atoms with E-state index in [2.05, 4.69) is 14.7 Å². The highest BCUT2D eigenvalue weighted by Gasteiger charge is 2.18. The second kappa shape index (κ2) is 5.58. The Morgan fingerprint density at radius 1 is 1.21 bits per heavy atom. The van der Waals surface area contributed by atoms with Gasteiger partial charge in [-0.15, -0.1) is 22.7 Å². The Labute approximate surface area is 143 Å². The van der Waals surface area contributed by atoms with E-state index in [0.717, 1.165) is 10.6 Å². The average molecular weight is 379 g/mol. The number of thiazole rings is 1. The monoisotopic (exact) mass is 379 g/mol. The zero-order valence-corrected chi connectivity index (χ0v) is 14.3. The molecule has 0 radical (unpaired) electrons. The van der Waals surface area contributed by atoms with Gasteiger partial charge in [-0.2, -0.15) is 0 Å². The van der Waals surface area contributed by atoms with Crippen LogP contribution in [0.15, 0.2) is 55.2 Å². The summed E-state index contributed by atoms with van der Waals surface area (Å²) in [4.78, 5) is 18.9. The molecule has 7 nitrogen and oxygen atoms in total. The molecule has 1 aromatic carbocycles. The van der Waals surface area contributed by atoms with Crippen molar-refractivity contribution in [3.05, 3.63) is 51.6 Å². The average Bonchev–Trinajstić information content (AvgIpc) is 3.24. The second-order valence-corrected chi connectivity index (χ2v) is 8.28. The van der Waals surface area contributed by atoms with Crippen LogP contribution in [-0.4, -0.2) is 18.4 Å². The van der Waals surface area contributed by atoms with Crippen molar-refractivity contribution in [3.8, 4) is 10.6 Å². The Morgan fingerprint density at radius 3 is 2.88 bits per heavy atom. The molecule has 3 heterocycles. The van der Waals surface area contributed by atoms with E-state index in [-0.39, 0.29) is 15.6 Å². The topological polar surface area (TPSA) is 105 Å². The third-order valence-electron chi connectivity index (χ3n) is 3.20. The first-order valence-corrected chi connectivity index (χ1v) is 9.91. The standard InChI is InChI=1S/C14H9N3O4S3/c18-14-16-9-4-3-8(6-11(9)21-14)24(19,20)17-13-15-10(7-23-13)12-2-1-5-22-12/h1-7H,(H,15,17)(H,16,18). The molecule has 10 heteroatoms. The highest BCUT2D eigenvalue weighted by Crippen LogP contribution is 2.29. The Hall–Kier alpha value is -2.43. The van der Waals surface area contributed by atoms with E-state index in [1.54, 1.807) is 5.38 Å². The number of fused-ring (bicyclic) bond motifs is 1. The van der Waals surface area contributed by atoms with Gasteiger partial charge in [-0.05, 0) is 23.6 Å². The zero-order valence-electron chi connectivity index (χ0n) is 11.8. The summed E-state index contributed by atoms with van der Waals surface area (Å²) in [5.41, 5.74) is 1.34. The molecule has 24 heavy (non-hydrogen) atoms. The SMILES string of the molecule is O=c1[nH]c2ccc(S(=O)(=O)Nc3nc(-c4cccs4)cs3)cc2o1. The Kier molecular flexibility index (Phi) is 3.52. The maximum Gasteiger partial charge on any atom is 0.417 e. The van der Waals surface area contributed by atoms with Crippen molar-refractivity contribution in [1.82, 2.24) is 9.97 Å². The molecule has 0 aliphatic carbocycles. The van der Waals surface area contributed by atoms with Gasteiger partial charge in [0.15, 0.2) is 10.7 Å². The first-order chi connectivity index (χ1) is 11.5. The molecule has 0 saturated carbocycles. The van der Waals surface area contributed by atoms with Crippen LogP contribution >= 0.6 is 22.7 Å². The van der Waals surface area contributed by atoms with Gasteiger partial charge in [0, 0.05) is 11.4 Å². The Morgan fingerprint density at radius 2 is 2.08 bits per heavy atom. The third kappa shape index (κ3) is 2.75. The van der Waals surface area contributed by atoms with Crippen LogP contribution in [0.3, 0.4) is 0 Å². The fraction of sp³-hybridized carbons (Fsp3) is 0. The number of thiophene rings is 1. The molecule has 0 bridgehead atoms. The van der Waals surface area contributed by atoms with Crippen molar-refractivity contribution in [1.29, 1.82) is 0 Å². The third-order valence-corrected chi connectivity index (χ3v) is 6.32. The van der Waals surface area contributed by atoms with Gasteiger partial charge in [0.2, 0.25) is 0 Å². The number of nitrogens with one attached hydrogen (secondary N) is 2. The van der Waals surface area contributed by atoms with Gasteiger partial charge < -0.3 is 4.42 Å². The molecular formula is C14H9N3O4S3.